The summed E-state index contributed by atoms with van der Waals surface area (Å²) in [6.07, 6.45) is -4.45. The van der Waals surface area contributed by atoms with Gasteiger partial charge in [-0.1, -0.05) is 35.3 Å². The van der Waals surface area contributed by atoms with Crippen molar-refractivity contribution in [2.75, 3.05) is 4.31 Å². The minimum Gasteiger partial charge on any atom is -0.307 e. The van der Waals surface area contributed by atoms with E-state index in [1.54, 1.807) is 34.6 Å². The molecule has 3 rings (SSSR count). The minimum absolute atomic E-state index is 0.0348. The maximum Gasteiger partial charge on any atom is 0.416 e. The molecule has 0 aliphatic rings. The van der Waals surface area contributed by atoms with Crippen LogP contribution in [0.5, 0.6) is 0 Å². The van der Waals surface area contributed by atoms with Gasteiger partial charge in [0.2, 0.25) is 0 Å². The van der Waals surface area contributed by atoms with Crippen molar-refractivity contribution in [2.45, 2.75) is 16.9 Å². The number of rotatable bonds is 6. The number of anilines is 1. The molecule has 1 aromatic heterocycles. The number of halogens is 5. The Balaban J connectivity index is 1.93. The van der Waals surface area contributed by atoms with Crippen LogP contribution in [0.2, 0.25) is 9.36 Å². The van der Waals surface area contributed by atoms with Crippen molar-refractivity contribution < 1.29 is 18.1 Å². The topological polar surface area (TPSA) is 46.4 Å². The molecule has 0 saturated heterocycles. The average Bonchev–Trinajstić information content (AvgIpc) is 3.02. The van der Waals surface area contributed by atoms with Gasteiger partial charge in [0, 0.05) is 16.8 Å². The molecule has 152 valence electrons. The SMILES string of the molecule is O=[N+]([O-])c1cc(SN(Cc2cccc(C(F)(F)F)c2)c2ccc(Cl)cc2)sc1Cl. The molecule has 11 heteroatoms. The van der Waals surface area contributed by atoms with E-state index in [4.69, 9.17) is 23.2 Å². The molecule has 3 aromatic rings. The Bertz CT molecular complexity index is 1030. The fourth-order valence-corrected chi connectivity index (χ4v) is 5.12. The third-order valence-corrected chi connectivity index (χ3v) is 6.45. The highest BCUT2D eigenvalue weighted by Crippen LogP contribution is 2.42. The Kier molecular flexibility index (Phi) is 6.62. The second-order valence-electron chi connectivity index (χ2n) is 5.78. The first-order chi connectivity index (χ1) is 13.6. The fourth-order valence-electron chi connectivity index (χ4n) is 2.41. The van der Waals surface area contributed by atoms with Crippen LogP contribution in [0, 0.1) is 10.1 Å². The Morgan fingerprint density at radius 2 is 1.79 bits per heavy atom. The summed E-state index contributed by atoms with van der Waals surface area (Å²) in [6.45, 7) is 0.125. The van der Waals surface area contributed by atoms with Crippen LogP contribution in [0.15, 0.2) is 58.8 Å². The standard InChI is InChI=1S/C18H11Cl2F3N2O2S2/c19-13-4-6-14(7-5-13)24(29-16-9-15(25(26)27)17(20)28-16)10-11-2-1-3-12(8-11)18(21,22)23/h1-9H,10H2. The first-order valence-electron chi connectivity index (χ1n) is 7.94. The number of nitro groups is 1. The first-order valence-corrected chi connectivity index (χ1v) is 10.3. The Morgan fingerprint density at radius 3 is 2.38 bits per heavy atom. The van der Waals surface area contributed by atoms with Crippen molar-refractivity contribution in [2.24, 2.45) is 0 Å². The molecule has 0 radical (unpaired) electrons. The maximum absolute atomic E-state index is 13.0. The van der Waals surface area contributed by atoms with Crippen LogP contribution in [0.3, 0.4) is 0 Å². The number of hydrogen-bond donors (Lipinski definition) is 0. The Hall–Kier alpha value is -1.94. The summed E-state index contributed by atoms with van der Waals surface area (Å²) in [5.41, 5.74) is 0.142. The van der Waals surface area contributed by atoms with E-state index in [0.717, 1.165) is 35.4 Å². The molecular weight excluding hydrogens is 468 g/mol. The van der Waals surface area contributed by atoms with E-state index in [-0.39, 0.29) is 16.6 Å². The van der Waals surface area contributed by atoms with Gasteiger partial charge in [-0.3, -0.25) is 10.1 Å². The molecule has 0 amide bonds. The molecule has 29 heavy (non-hydrogen) atoms. The zero-order chi connectivity index (χ0) is 21.2. The number of thiophene rings is 1. The summed E-state index contributed by atoms with van der Waals surface area (Å²) in [6, 6.07) is 13.1. The molecule has 0 atom stereocenters. The summed E-state index contributed by atoms with van der Waals surface area (Å²) in [5.74, 6) is 0. The zero-order valence-corrected chi connectivity index (χ0v) is 17.5. The van der Waals surface area contributed by atoms with E-state index < -0.39 is 16.7 Å². The molecule has 4 nitrogen and oxygen atoms in total. The van der Waals surface area contributed by atoms with Gasteiger partial charge in [-0.15, -0.1) is 11.3 Å². The van der Waals surface area contributed by atoms with E-state index in [9.17, 15) is 23.3 Å². The lowest BCUT2D eigenvalue weighted by Crippen LogP contribution is -2.14. The van der Waals surface area contributed by atoms with Crippen molar-refractivity contribution >= 4 is 57.9 Å². The van der Waals surface area contributed by atoms with Gasteiger partial charge < -0.3 is 4.31 Å². The smallest absolute Gasteiger partial charge is 0.307 e. The number of alkyl halides is 3. The van der Waals surface area contributed by atoms with Crippen molar-refractivity contribution in [1.82, 2.24) is 0 Å². The first kappa shape index (κ1) is 21.8. The maximum atomic E-state index is 13.0. The molecule has 1 heterocycles. The molecular formula is C18H11Cl2F3N2O2S2. The van der Waals surface area contributed by atoms with Crippen LogP contribution >= 0.6 is 46.5 Å². The Morgan fingerprint density at radius 1 is 1.10 bits per heavy atom. The van der Waals surface area contributed by atoms with Gasteiger partial charge in [-0.05, 0) is 53.9 Å². The number of benzene rings is 2. The van der Waals surface area contributed by atoms with Gasteiger partial charge in [-0.2, -0.15) is 13.2 Å². The predicted molar refractivity (Wildman–Crippen MR) is 111 cm³/mol. The average molecular weight is 479 g/mol. The predicted octanol–water partition coefficient (Wildman–Crippen LogP) is 7.70. The highest BCUT2D eigenvalue weighted by Gasteiger charge is 2.30. The van der Waals surface area contributed by atoms with Crippen LogP contribution in [0.25, 0.3) is 0 Å². The minimum atomic E-state index is -4.45. The lowest BCUT2D eigenvalue weighted by Gasteiger charge is -2.23. The molecule has 0 saturated carbocycles. The normalized spacial score (nSPS) is 11.5. The van der Waals surface area contributed by atoms with E-state index in [1.165, 1.54) is 12.1 Å². The second kappa shape index (κ2) is 8.83. The van der Waals surface area contributed by atoms with Crippen LogP contribution in [-0.4, -0.2) is 4.92 Å². The van der Waals surface area contributed by atoms with Crippen LogP contribution in [-0.2, 0) is 12.7 Å². The van der Waals surface area contributed by atoms with Crippen molar-refractivity contribution in [3.05, 3.63) is 85.2 Å². The summed E-state index contributed by atoms with van der Waals surface area (Å²) < 4.78 is 41.4. The summed E-state index contributed by atoms with van der Waals surface area (Å²) in [4.78, 5) is 10.5. The van der Waals surface area contributed by atoms with E-state index in [2.05, 4.69) is 0 Å². The summed E-state index contributed by atoms with van der Waals surface area (Å²) in [5, 5.41) is 11.5. The van der Waals surface area contributed by atoms with Gasteiger partial charge in [-0.25, -0.2) is 0 Å². The molecule has 0 aliphatic heterocycles. The van der Waals surface area contributed by atoms with Crippen molar-refractivity contribution in [3.8, 4) is 0 Å². The molecule has 0 aliphatic carbocycles. The van der Waals surface area contributed by atoms with Gasteiger partial charge in [0.1, 0.15) is 0 Å². The third kappa shape index (κ3) is 5.57. The van der Waals surface area contributed by atoms with Gasteiger partial charge >= 0.3 is 6.18 Å². The fraction of sp³-hybridized carbons (Fsp3) is 0.111. The van der Waals surface area contributed by atoms with E-state index in [1.807, 2.05) is 0 Å². The molecule has 0 fully saturated rings. The zero-order valence-electron chi connectivity index (χ0n) is 14.3. The van der Waals surface area contributed by atoms with Crippen molar-refractivity contribution in [3.63, 3.8) is 0 Å². The highest BCUT2D eigenvalue weighted by molar-refractivity contribution is 8.02. The number of hydrogen-bond acceptors (Lipinski definition) is 5. The molecule has 2 aromatic carbocycles. The van der Waals surface area contributed by atoms with E-state index >= 15 is 0 Å². The van der Waals surface area contributed by atoms with Crippen LogP contribution < -0.4 is 4.31 Å². The summed E-state index contributed by atoms with van der Waals surface area (Å²) in [7, 11) is 0. The van der Waals surface area contributed by atoms with Gasteiger partial charge in [0.05, 0.1) is 21.2 Å². The lowest BCUT2D eigenvalue weighted by atomic mass is 10.1. The van der Waals surface area contributed by atoms with E-state index in [0.29, 0.717) is 20.5 Å². The second-order valence-corrected chi connectivity index (χ2v) is 9.20. The molecule has 0 N–H and O–H groups in total. The van der Waals surface area contributed by atoms with Crippen LogP contribution in [0.4, 0.5) is 24.5 Å². The third-order valence-electron chi connectivity index (χ3n) is 3.74. The number of nitrogens with zero attached hydrogens (tertiary/aromatic N) is 2. The van der Waals surface area contributed by atoms with Crippen LogP contribution in [0.1, 0.15) is 11.1 Å². The van der Waals surface area contributed by atoms with Gasteiger partial charge in [0.15, 0.2) is 4.34 Å². The monoisotopic (exact) mass is 478 g/mol. The molecule has 0 spiro atoms. The lowest BCUT2D eigenvalue weighted by molar-refractivity contribution is -0.384. The summed E-state index contributed by atoms with van der Waals surface area (Å²) >= 11 is 14.0. The highest BCUT2D eigenvalue weighted by atomic mass is 35.5. The Labute approximate surface area is 182 Å². The van der Waals surface area contributed by atoms with Gasteiger partial charge in [0.25, 0.3) is 5.69 Å². The molecule has 0 bridgehead atoms. The quantitative estimate of drug-likeness (QED) is 0.207. The molecule has 0 unspecified atom stereocenters. The largest absolute Gasteiger partial charge is 0.416 e. The van der Waals surface area contributed by atoms with Crippen molar-refractivity contribution in [1.29, 1.82) is 0 Å².